The SMILES string of the molecule is C[C@@]1(O)/C=C/[C@@H]2[C@@H](C/C=C\CCCOCCCC1)[C@@H](O)C[C@H]2O. The van der Waals surface area contributed by atoms with Gasteiger partial charge in [0.15, 0.2) is 0 Å². The average Bonchev–Trinajstić information content (AvgIpc) is 2.75. The van der Waals surface area contributed by atoms with E-state index in [2.05, 4.69) is 12.2 Å². The third-order valence-corrected chi connectivity index (χ3v) is 5.05. The van der Waals surface area contributed by atoms with E-state index in [-0.39, 0.29) is 11.8 Å². The zero-order valence-corrected chi connectivity index (χ0v) is 14.2. The molecule has 23 heavy (non-hydrogen) atoms. The Bertz CT molecular complexity index is 402. The van der Waals surface area contributed by atoms with Crippen LogP contribution in [0.4, 0.5) is 0 Å². The molecule has 0 spiro atoms. The van der Waals surface area contributed by atoms with Crippen molar-refractivity contribution in [1.82, 2.24) is 0 Å². The van der Waals surface area contributed by atoms with Crippen LogP contribution in [0.1, 0.15) is 51.9 Å². The van der Waals surface area contributed by atoms with E-state index >= 15 is 0 Å². The molecule has 0 saturated heterocycles. The van der Waals surface area contributed by atoms with E-state index < -0.39 is 17.8 Å². The lowest BCUT2D eigenvalue weighted by Gasteiger charge is -2.23. The molecule has 0 amide bonds. The molecule has 2 aliphatic rings. The van der Waals surface area contributed by atoms with Crippen molar-refractivity contribution < 1.29 is 20.1 Å². The Morgan fingerprint density at radius 3 is 2.65 bits per heavy atom. The number of hydrogen-bond donors (Lipinski definition) is 3. The lowest BCUT2D eigenvalue weighted by atomic mass is 9.88. The zero-order valence-electron chi connectivity index (χ0n) is 14.2. The fraction of sp³-hybridized carbons (Fsp3) is 0.789. The number of hydrogen-bond acceptors (Lipinski definition) is 4. The standard InChI is InChI=1S/C19H32O4/c1-19(22)10-5-7-13-23-12-6-3-2-4-8-15-16(9-11-19)18(21)14-17(15)20/h2,4,9,11,15-18,20-22H,3,5-8,10,12-14H2,1H3/b4-2-,11-9+/t15-,16-,17+,18-,19+/m1/s1. The second-order valence-electron chi connectivity index (χ2n) is 7.25. The number of ether oxygens (including phenoxy) is 1. The molecule has 4 heteroatoms. The van der Waals surface area contributed by atoms with Gasteiger partial charge in [-0.1, -0.05) is 24.3 Å². The van der Waals surface area contributed by atoms with Crippen molar-refractivity contribution in [2.24, 2.45) is 11.8 Å². The van der Waals surface area contributed by atoms with Gasteiger partial charge in [-0.3, -0.25) is 0 Å². The van der Waals surface area contributed by atoms with Crippen LogP contribution >= 0.6 is 0 Å². The first-order valence-electron chi connectivity index (χ1n) is 9.00. The number of rotatable bonds is 0. The molecule has 0 aromatic heterocycles. The first-order valence-corrected chi connectivity index (χ1v) is 9.00. The highest BCUT2D eigenvalue weighted by atomic mass is 16.5. The number of aliphatic hydroxyl groups excluding tert-OH is 2. The van der Waals surface area contributed by atoms with E-state index in [1.807, 2.05) is 12.2 Å². The van der Waals surface area contributed by atoms with E-state index in [1.165, 1.54) is 0 Å². The van der Waals surface area contributed by atoms with E-state index in [1.54, 1.807) is 6.92 Å². The highest BCUT2D eigenvalue weighted by molar-refractivity contribution is 5.08. The van der Waals surface area contributed by atoms with Crippen LogP contribution in [-0.4, -0.2) is 46.3 Å². The summed E-state index contributed by atoms with van der Waals surface area (Å²) in [4.78, 5) is 0. The molecule has 0 bridgehead atoms. The molecule has 3 N–H and O–H groups in total. The minimum atomic E-state index is -0.870. The summed E-state index contributed by atoms with van der Waals surface area (Å²) in [6.07, 6.45) is 12.7. The predicted molar refractivity (Wildman–Crippen MR) is 91.0 cm³/mol. The fourth-order valence-corrected chi connectivity index (χ4v) is 3.57. The first kappa shape index (κ1) is 18.7. The molecule has 0 aromatic carbocycles. The maximum absolute atomic E-state index is 10.5. The van der Waals surface area contributed by atoms with Crippen molar-refractivity contribution in [3.63, 3.8) is 0 Å². The van der Waals surface area contributed by atoms with E-state index in [4.69, 9.17) is 4.74 Å². The van der Waals surface area contributed by atoms with Gasteiger partial charge in [-0.25, -0.2) is 0 Å². The molecule has 2 rings (SSSR count). The van der Waals surface area contributed by atoms with Gasteiger partial charge in [0.1, 0.15) is 0 Å². The van der Waals surface area contributed by atoms with Gasteiger partial charge in [-0.15, -0.1) is 0 Å². The third-order valence-electron chi connectivity index (χ3n) is 5.05. The molecule has 132 valence electrons. The molecule has 1 fully saturated rings. The quantitative estimate of drug-likeness (QED) is 0.599. The largest absolute Gasteiger partial charge is 0.393 e. The summed E-state index contributed by atoms with van der Waals surface area (Å²) in [5.74, 6) is -0.0604. The topological polar surface area (TPSA) is 69.9 Å². The zero-order chi connectivity index (χ0) is 16.7. The molecule has 0 radical (unpaired) electrons. The summed E-state index contributed by atoms with van der Waals surface area (Å²) >= 11 is 0. The van der Waals surface area contributed by atoms with Crippen molar-refractivity contribution in [3.8, 4) is 0 Å². The lowest BCUT2D eigenvalue weighted by molar-refractivity contribution is 0.0863. The van der Waals surface area contributed by atoms with Crippen LogP contribution in [0.5, 0.6) is 0 Å². The van der Waals surface area contributed by atoms with E-state index in [0.29, 0.717) is 12.8 Å². The van der Waals surface area contributed by atoms with Crippen molar-refractivity contribution >= 4 is 0 Å². The van der Waals surface area contributed by atoms with Crippen molar-refractivity contribution in [1.29, 1.82) is 0 Å². The fourth-order valence-electron chi connectivity index (χ4n) is 3.57. The van der Waals surface area contributed by atoms with Gasteiger partial charge < -0.3 is 20.1 Å². The molecule has 1 heterocycles. The summed E-state index contributed by atoms with van der Waals surface area (Å²) < 4.78 is 5.60. The molecule has 4 nitrogen and oxygen atoms in total. The van der Waals surface area contributed by atoms with Gasteiger partial charge in [0.25, 0.3) is 0 Å². The summed E-state index contributed by atoms with van der Waals surface area (Å²) in [5.41, 5.74) is -0.870. The Morgan fingerprint density at radius 2 is 1.83 bits per heavy atom. The van der Waals surface area contributed by atoms with Gasteiger partial charge in [-0.2, -0.15) is 0 Å². The van der Waals surface area contributed by atoms with E-state index in [0.717, 1.165) is 45.3 Å². The molecular formula is C19H32O4. The maximum atomic E-state index is 10.5. The van der Waals surface area contributed by atoms with E-state index in [9.17, 15) is 15.3 Å². The van der Waals surface area contributed by atoms with Crippen LogP contribution in [0.3, 0.4) is 0 Å². The second-order valence-corrected chi connectivity index (χ2v) is 7.25. The molecular weight excluding hydrogens is 292 g/mol. The summed E-state index contributed by atoms with van der Waals surface area (Å²) in [5, 5.41) is 30.9. The van der Waals surface area contributed by atoms with Crippen LogP contribution in [0.25, 0.3) is 0 Å². The number of allylic oxidation sites excluding steroid dienone is 2. The Labute approximate surface area is 139 Å². The van der Waals surface area contributed by atoms with Gasteiger partial charge in [0.2, 0.25) is 0 Å². The second kappa shape index (κ2) is 8.97. The third kappa shape index (κ3) is 6.03. The first-order chi connectivity index (χ1) is 11.0. The summed E-state index contributed by atoms with van der Waals surface area (Å²) in [6.45, 7) is 3.33. The molecule has 1 aliphatic heterocycles. The van der Waals surface area contributed by atoms with Crippen molar-refractivity contribution in [3.05, 3.63) is 24.3 Å². The van der Waals surface area contributed by atoms with Crippen LogP contribution in [0.2, 0.25) is 0 Å². The predicted octanol–water partition coefficient (Wildman–Crippen LogP) is 2.58. The van der Waals surface area contributed by atoms with Gasteiger partial charge in [0, 0.05) is 25.6 Å². The van der Waals surface area contributed by atoms with Crippen molar-refractivity contribution in [2.45, 2.75) is 69.7 Å². The summed E-state index contributed by atoms with van der Waals surface area (Å²) in [6, 6.07) is 0. The monoisotopic (exact) mass is 324 g/mol. The minimum Gasteiger partial charge on any atom is -0.393 e. The molecule has 1 saturated carbocycles. The number of aliphatic hydroxyl groups is 3. The Hall–Kier alpha value is -0.680. The smallest absolute Gasteiger partial charge is 0.0799 e. The van der Waals surface area contributed by atoms with Crippen molar-refractivity contribution in [2.75, 3.05) is 13.2 Å². The molecule has 5 atom stereocenters. The highest BCUT2D eigenvalue weighted by Crippen LogP contribution is 2.37. The lowest BCUT2D eigenvalue weighted by Crippen LogP contribution is -2.24. The normalized spacial score (nSPS) is 43.7. The minimum absolute atomic E-state index is 0.0254. The van der Waals surface area contributed by atoms with Gasteiger partial charge >= 0.3 is 0 Å². The van der Waals surface area contributed by atoms with Gasteiger partial charge in [-0.05, 0) is 51.4 Å². The van der Waals surface area contributed by atoms with Crippen LogP contribution in [0, 0.1) is 11.8 Å². The summed E-state index contributed by atoms with van der Waals surface area (Å²) in [7, 11) is 0. The average molecular weight is 324 g/mol. The Morgan fingerprint density at radius 1 is 1.04 bits per heavy atom. The van der Waals surface area contributed by atoms with Crippen LogP contribution in [0.15, 0.2) is 24.3 Å². The molecule has 0 unspecified atom stereocenters. The Kier molecular flexibility index (Phi) is 7.28. The Balaban J connectivity index is 2.06. The maximum Gasteiger partial charge on any atom is 0.0799 e. The highest BCUT2D eigenvalue weighted by Gasteiger charge is 2.39. The molecule has 0 aromatic rings. The van der Waals surface area contributed by atoms with Crippen LogP contribution < -0.4 is 0 Å². The van der Waals surface area contributed by atoms with Crippen LogP contribution in [-0.2, 0) is 4.74 Å². The van der Waals surface area contributed by atoms with Gasteiger partial charge in [0.05, 0.1) is 17.8 Å². The molecule has 1 aliphatic carbocycles. The number of fused-ring (bicyclic) bond motifs is 1.